The Bertz CT molecular complexity index is 908. The van der Waals surface area contributed by atoms with Crippen LogP contribution in [0.5, 0.6) is 0 Å². The van der Waals surface area contributed by atoms with Gasteiger partial charge in [0.25, 0.3) is 5.91 Å². The number of amides is 2. The maximum absolute atomic E-state index is 12.9. The molecule has 1 aliphatic rings. The molecule has 2 amide bonds. The summed E-state index contributed by atoms with van der Waals surface area (Å²) in [5.74, 6) is -0.553. The van der Waals surface area contributed by atoms with Gasteiger partial charge in [-0.05, 0) is 49.7 Å². The fourth-order valence-corrected chi connectivity index (χ4v) is 3.25. The smallest absolute Gasteiger partial charge is 0.256 e. The molecule has 0 spiro atoms. The number of nitrogen functional groups attached to an aromatic ring is 1. The molecule has 7 nitrogen and oxygen atoms in total. The zero-order valence-corrected chi connectivity index (χ0v) is 16.0. The van der Waals surface area contributed by atoms with Gasteiger partial charge >= 0.3 is 0 Å². The topological polar surface area (TPSA) is 109 Å². The van der Waals surface area contributed by atoms with Crippen molar-refractivity contribution in [3.63, 3.8) is 0 Å². The Balaban J connectivity index is 1.65. The Morgan fingerprint density at radius 3 is 2.61 bits per heavy atom. The summed E-state index contributed by atoms with van der Waals surface area (Å²) in [6.07, 6.45) is -0.875. The van der Waals surface area contributed by atoms with Gasteiger partial charge in [-0.3, -0.25) is 15.0 Å². The van der Waals surface area contributed by atoms with Gasteiger partial charge in [0.05, 0.1) is 13.0 Å². The van der Waals surface area contributed by atoms with Gasteiger partial charge in [0, 0.05) is 23.5 Å². The van der Waals surface area contributed by atoms with Gasteiger partial charge in [-0.1, -0.05) is 17.7 Å². The lowest BCUT2D eigenvalue weighted by Crippen LogP contribution is -2.49. The van der Waals surface area contributed by atoms with Crippen LogP contribution >= 0.6 is 0 Å². The van der Waals surface area contributed by atoms with E-state index in [4.69, 9.17) is 15.9 Å². The molecule has 1 fully saturated rings. The number of amidine groups is 1. The van der Waals surface area contributed by atoms with Crippen LogP contribution in [0.4, 0.5) is 11.4 Å². The number of hydrogen-bond acceptors (Lipinski definition) is 4. The normalized spacial score (nSPS) is 16.7. The molecule has 0 unspecified atom stereocenters. The van der Waals surface area contributed by atoms with Crippen molar-refractivity contribution in [1.82, 2.24) is 0 Å². The van der Waals surface area contributed by atoms with Crippen LogP contribution in [0.15, 0.2) is 42.5 Å². The predicted octanol–water partition coefficient (Wildman–Crippen LogP) is 2.35. The van der Waals surface area contributed by atoms with Crippen molar-refractivity contribution >= 4 is 29.0 Å². The van der Waals surface area contributed by atoms with Crippen molar-refractivity contribution in [3.05, 3.63) is 59.2 Å². The Kier molecular flexibility index (Phi) is 5.75. The monoisotopic (exact) mass is 380 g/mol. The van der Waals surface area contributed by atoms with Crippen molar-refractivity contribution in [1.29, 1.82) is 5.41 Å². The standard InChI is InChI=1S/C21H24N4O3/c1-13-3-8-17(14(2)11-13)25-9-10-28-18(21(25)27)12-19(26)24-16-6-4-15(5-7-16)20(22)23/h3-8,11,18H,9-10,12H2,1-2H3,(H3,22,23)(H,24,26)/t18-/m1/s1. The lowest BCUT2D eigenvalue weighted by atomic mass is 10.1. The molecule has 0 aromatic heterocycles. The van der Waals surface area contributed by atoms with Crippen LogP contribution < -0.4 is 16.0 Å². The third kappa shape index (κ3) is 4.37. The molecule has 3 rings (SSSR count). The SMILES string of the molecule is Cc1ccc(N2CCO[C@H](CC(=O)Nc3ccc(C(=N)N)cc3)C2=O)c(C)c1. The van der Waals surface area contributed by atoms with E-state index >= 15 is 0 Å². The third-order valence-electron chi connectivity index (χ3n) is 4.67. The number of nitrogens with zero attached hydrogens (tertiary/aromatic N) is 1. The van der Waals surface area contributed by atoms with Gasteiger partial charge in [-0.25, -0.2) is 0 Å². The van der Waals surface area contributed by atoms with E-state index in [1.807, 2.05) is 32.0 Å². The van der Waals surface area contributed by atoms with Crippen LogP contribution in [0.25, 0.3) is 0 Å². The van der Waals surface area contributed by atoms with Crippen molar-refractivity contribution in [2.45, 2.75) is 26.4 Å². The summed E-state index contributed by atoms with van der Waals surface area (Å²) in [6, 6.07) is 12.6. The lowest BCUT2D eigenvalue weighted by Gasteiger charge is -2.33. The first-order chi connectivity index (χ1) is 13.3. The molecule has 1 atom stereocenters. The molecular weight excluding hydrogens is 356 g/mol. The van der Waals surface area contributed by atoms with Crippen LogP contribution in [-0.2, 0) is 14.3 Å². The molecule has 0 aliphatic carbocycles. The largest absolute Gasteiger partial charge is 0.384 e. The van der Waals surface area contributed by atoms with E-state index in [-0.39, 0.29) is 24.1 Å². The maximum Gasteiger partial charge on any atom is 0.256 e. The molecule has 146 valence electrons. The first-order valence-electron chi connectivity index (χ1n) is 9.09. The predicted molar refractivity (Wildman–Crippen MR) is 109 cm³/mol. The number of carbonyl (C=O) groups is 2. The number of ether oxygens (including phenoxy) is 1. The van der Waals surface area contributed by atoms with E-state index in [1.54, 1.807) is 29.2 Å². The third-order valence-corrected chi connectivity index (χ3v) is 4.67. The van der Waals surface area contributed by atoms with E-state index in [0.717, 1.165) is 16.8 Å². The van der Waals surface area contributed by atoms with E-state index in [1.165, 1.54) is 0 Å². The first-order valence-corrected chi connectivity index (χ1v) is 9.09. The number of rotatable bonds is 5. The molecule has 28 heavy (non-hydrogen) atoms. The van der Waals surface area contributed by atoms with E-state index in [0.29, 0.717) is 24.4 Å². The van der Waals surface area contributed by atoms with E-state index < -0.39 is 6.10 Å². The fourth-order valence-electron chi connectivity index (χ4n) is 3.25. The maximum atomic E-state index is 12.9. The second-order valence-electron chi connectivity index (χ2n) is 6.88. The molecule has 1 saturated heterocycles. The first kappa shape index (κ1) is 19.6. The number of morpholine rings is 1. The molecule has 1 heterocycles. The van der Waals surface area contributed by atoms with E-state index in [9.17, 15) is 9.59 Å². The highest BCUT2D eigenvalue weighted by atomic mass is 16.5. The number of nitrogens with one attached hydrogen (secondary N) is 2. The molecular formula is C21H24N4O3. The zero-order valence-electron chi connectivity index (χ0n) is 16.0. The highest BCUT2D eigenvalue weighted by molar-refractivity contribution is 6.02. The van der Waals surface area contributed by atoms with Crippen LogP contribution in [0.1, 0.15) is 23.1 Å². The van der Waals surface area contributed by atoms with Gasteiger partial charge in [-0.15, -0.1) is 0 Å². The Labute approximate surface area is 164 Å². The van der Waals surface area contributed by atoms with E-state index in [2.05, 4.69) is 5.32 Å². The molecule has 4 N–H and O–H groups in total. The summed E-state index contributed by atoms with van der Waals surface area (Å²) in [7, 11) is 0. The molecule has 0 bridgehead atoms. The molecule has 0 radical (unpaired) electrons. The van der Waals surface area contributed by atoms with Crippen molar-refractivity contribution in [3.8, 4) is 0 Å². The molecule has 7 heteroatoms. The quantitative estimate of drug-likeness (QED) is 0.546. The second-order valence-corrected chi connectivity index (χ2v) is 6.88. The van der Waals surface area contributed by atoms with Gasteiger partial charge < -0.3 is 20.7 Å². The average Bonchev–Trinajstić information content (AvgIpc) is 2.64. The summed E-state index contributed by atoms with van der Waals surface area (Å²) in [6.45, 7) is 4.82. The number of carbonyl (C=O) groups excluding carboxylic acids is 2. The van der Waals surface area contributed by atoms with Gasteiger partial charge in [0.1, 0.15) is 11.9 Å². The minimum absolute atomic E-state index is 0.0365. The summed E-state index contributed by atoms with van der Waals surface area (Å²) in [4.78, 5) is 26.9. The minimum Gasteiger partial charge on any atom is -0.384 e. The summed E-state index contributed by atoms with van der Waals surface area (Å²) >= 11 is 0. The highest BCUT2D eigenvalue weighted by Crippen LogP contribution is 2.25. The molecule has 1 aliphatic heterocycles. The van der Waals surface area contributed by atoms with Crippen molar-refractivity contribution < 1.29 is 14.3 Å². The summed E-state index contributed by atoms with van der Waals surface area (Å²) in [5, 5.41) is 10.1. The summed E-state index contributed by atoms with van der Waals surface area (Å²) < 4.78 is 5.57. The molecule has 2 aromatic carbocycles. The number of hydrogen-bond donors (Lipinski definition) is 3. The van der Waals surface area contributed by atoms with Gasteiger partial charge in [0.2, 0.25) is 5.91 Å². The Morgan fingerprint density at radius 1 is 1.25 bits per heavy atom. The minimum atomic E-state index is -0.814. The van der Waals surface area contributed by atoms with Crippen molar-refractivity contribution in [2.24, 2.45) is 5.73 Å². The van der Waals surface area contributed by atoms with Crippen LogP contribution in [0, 0.1) is 19.3 Å². The molecule has 0 saturated carbocycles. The number of aryl methyl sites for hydroxylation is 2. The molecule has 2 aromatic rings. The van der Waals surface area contributed by atoms with Crippen LogP contribution in [0.3, 0.4) is 0 Å². The number of benzene rings is 2. The Hall–Kier alpha value is -3.19. The van der Waals surface area contributed by atoms with Crippen LogP contribution in [0.2, 0.25) is 0 Å². The number of nitrogens with two attached hydrogens (primary N) is 1. The average molecular weight is 380 g/mol. The Morgan fingerprint density at radius 2 is 1.96 bits per heavy atom. The second kappa shape index (κ2) is 8.22. The lowest BCUT2D eigenvalue weighted by molar-refractivity contribution is -0.137. The van der Waals surface area contributed by atoms with Gasteiger partial charge in [0.15, 0.2) is 0 Å². The van der Waals surface area contributed by atoms with Crippen LogP contribution in [-0.4, -0.2) is 36.9 Å². The van der Waals surface area contributed by atoms with Gasteiger partial charge in [-0.2, -0.15) is 0 Å². The van der Waals surface area contributed by atoms with Crippen molar-refractivity contribution in [2.75, 3.05) is 23.4 Å². The fraction of sp³-hybridized carbons (Fsp3) is 0.286. The zero-order chi connectivity index (χ0) is 20.3. The number of anilines is 2. The highest BCUT2D eigenvalue weighted by Gasteiger charge is 2.32. The summed E-state index contributed by atoms with van der Waals surface area (Å²) in [5.41, 5.74) is 9.57.